The number of fused-ring (bicyclic) bond motifs is 1. The Morgan fingerprint density at radius 2 is 2.26 bits per heavy atom. The van der Waals surface area contributed by atoms with Gasteiger partial charge in [0.2, 0.25) is 0 Å². The van der Waals surface area contributed by atoms with Crippen molar-refractivity contribution in [3.05, 3.63) is 29.7 Å². The molecule has 0 radical (unpaired) electrons. The number of hydrogen-bond acceptors (Lipinski definition) is 4. The molecule has 1 saturated carbocycles. The van der Waals surface area contributed by atoms with E-state index in [-0.39, 0.29) is 11.5 Å². The number of benzene rings is 1. The second-order valence-corrected chi connectivity index (χ2v) is 5.30. The minimum Gasteiger partial charge on any atom is -0.441 e. The van der Waals surface area contributed by atoms with Gasteiger partial charge < -0.3 is 9.73 Å². The van der Waals surface area contributed by atoms with Crippen molar-refractivity contribution < 1.29 is 4.42 Å². The highest BCUT2D eigenvalue weighted by atomic mass is 16.3. The molecule has 1 aliphatic carbocycles. The topological polar surface area (TPSA) is 61.9 Å². The van der Waals surface area contributed by atoms with Crippen LogP contribution in [0.2, 0.25) is 0 Å². The average molecular weight is 255 g/mol. The highest BCUT2D eigenvalue weighted by Crippen LogP contribution is 2.49. The number of hydrogen-bond donors (Lipinski definition) is 1. The summed E-state index contributed by atoms with van der Waals surface area (Å²) in [6.07, 6.45) is 3.06. The summed E-state index contributed by atoms with van der Waals surface area (Å²) in [5.74, 6) is 0.673. The molecule has 1 aromatic heterocycles. The smallest absolute Gasteiger partial charge is 0.192 e. The molecular formula is C15H17N3O. The predicted octanol–water partition coefficient (Wildman–Crippen LogP) is 3.09. The molecule has 3 rings (SSSR count). The third-order valence-electron chi connectivity index (χ3n) is 4.16. The first-order chi connectivity index (χ1) is 9.18. The summed E-state index contributed by atoms with van der Waals surface area (Å²) in [7, 11) is 1.92. The normalized spacial score (nSPS) is 18.8. The molecule has 1 unspecified atom stereocenters. The molecule has 0 bridgehead atoms. The van der Waals surface area contributed by atoms with E-state index in [1.54, 1.807) is 0 Å². The number of rotatable bonds is 3. The zero-order valence-electron chi connectivity index (χ0n) is 11.2. The molecule has 1 atom stereocenters. The van der Waals surface area contributed by atoms with E-state index in [1.165, 1.54) is 0 Å². The van der Waals surface area contributed by atoms with Gasteiger partial charge >= 0.3 is 0 Å². The van der Waals surface area contributed by atoms with E-state index in [2.05, 4.69) is 16.4 Å². The lowest BCUT2D eigenvalue weighted by atomic mass is 9.63. The van der Waals surface area contributed by atoms with Crippen molar-refractivity contribution in [1.82, 2.24) is 10.3 Å². The Balaban J connectivity index is 2.04. The monoisotopic (exact) mass is 255 g/mol. The highest BCUT2D eigenvalue weighted by Gasteiger charge is 2.44. The Kier molecular flexibility index (Phi) is 2.79. The van der Waals surface area contributed by atoms with Crippen molar-refractivity contribution in [2.45, 2.75) is 32.2 Å². The molecule has 19 heavy (non-hydrogen) atoms. The molecular weight excluding hydrogens is 238 g/mol. The lowest BCUT2D eigenvalue weighted by molar-refractivity contribution is 0.149. The summed E-state index contributed by atoms with van der Waals surface area (Å²) in [5, 5.41) is 12.8. The highest BCUT2D eigenvalue weighted by molar-refractivity contribution is 5.73. The summed E-state index contributed by atoms with van der Waals surface area (Å²) >= 11 is 0. The molecule has 0 aliphatic heterocycles. The molecule has 1 fully saturated rings. The van der Waals surface area contributed by atoms with E-state index in [4.69, 9.17) is 4.42 Å². The first kappa shape index (κ1) is 12.2. The third-order valence-corrected chi connectivity index (χ3v) is 4.16. The maximum atomic E-state index is 9.49. The van der Waals surface area contributed by atoms with E-state index >= 15 is 0 Å². The van der Waals surface area contributed by atoms with E-state index < -0.39 is 0 Å². The van der Waals surface area contributed by atoms with Crippen LogP contribution in [0.25, 0.3) is 11.1 Å². The van der Waals surface area contributed by atoms with Crippen LogP contribution in [0.4, 0.5) is 0 Å². The first-order valence-corrected chi connectivity index (χ1v) is 6.64. The fourth-order valence-corrected chi connectivity index (χ4v) is 3.02. The molecule has 1 N–H and O–H groups in total. The van der Waals surface area contributed by atoms with Gasteiger partial charge in [-0.3, -0.25) is 0 Å². The van der Waals surface area contributed by atoms with Gasteiger partial charge in [-0.25, -0.2) is 4.98 Å². The Labute approximate surface area is 112 Å². The zero-order chi connectivity index (χ0) is 13.5. The fraction of sp³-hybridized carbons (Fsp3) is 0.467. The van der Waals surface area contributed by atoms with Gasteiger partial charge in [0.1, 0.15) is 5.52 Å². The number of aryl methyl sites for hydroxylation is 1. The van der Waals surface area contributed by atoms with Gasteiger partial charge in [0.25, 0.3) is 0 Å². The van der Waals surface area contributed by atoms with Gasteiger partial charge in [0.05, 0.1) is 17.5 Å². The summed E-state index contributed by atoms with van der Waals surface area (Å²) in [6, 6.07) is 8.58. The molecule has 1 heterocycles. The van der Waals surface area contributed by atoms with Crippen molar-refractivity contribution in [2.75, 3.05) is 7.05 Å². The van der Waals surface area contributed by atoms with Gasteiger partial charge in [-0.15, -0.1) is 0 Å². The Morgan fingerprint density at radius 3 is 2.84 bits per heavy atom. The molecule has 0 spiro atoms. The number of nitrogens with one attached hydrogen (secondary N) is 1. The van der Waals surface area contributed by atoms with Gasteiger partial charge in [-0.1, -0.05) is 12.5 Å². The molecule has 0 amide bonds. The minimum atomic E-state index is -0.263. The summed E-state index contributed by atoms with van der Waals surface area (Å²) in [5.41, 5.74) is 2.52. The molecule has 1 aliphatic rings. The van der Waals surface area contributed by atoms with E-state index in [0.29, 0.717) is 5.89 Å². The average Bonchev–Trinajstić information content (AvgIpc) is 2.72. The lowest BCUT2D eigenvalue weighted by Gasteiger charge is -2.42. The van der Waals surface area contributed by atoms with Gasteiger partial charge in [-0.2, -0.15) is 5.26 Å². The van der Waals surface area contributed by atoms with Crippen LogP contribution in [0.3, 0.4) is 0 Å². The third kappa shape index (κ3) is 1.82. The Hall–Kier alpha value is -1.86. The Bertz CT molecular complexity index is 649. The maximum Gasteiger partial charge on any atom is 0.192 e. The Morgan fingerprint density at radius 1 is 1.47 bits per heavy atom. The minimum absolute atomic E-state index is 0.0626. The molecule has 4 nitrogen and oxygen atoms in total. The van der Waals surface area contributed by atoms with Crippen LogP contribution in [-0.2, 0) is 0 Å². The second-order valence-electron chi connectivity index (χ2n) is 5.30. The fourth-order valence-electron chi connectivity index (χ4n) is 3.02. The van der Waals surface area contributed by atoms with Crippen LogP contribution in [0, 0.1) is 23.7 Å². The summed E-state index contributed by atoms with van der Waals surface area (Å²) < 4.78 is 5.49. The van der Waals surface area contributed by atoms with Gasteiger partial charge in [0, 0.05) is 6.92 Å². The number of nitrogens with zero attached hydrogens (tertiary/aromatic N) is 2. The van der Waals surface area contributed by atoms with E-state index in [1.807, 2.05) is 32.2 Å². The van der Waals surface area contributed by atoms with E-state index in [9.17, 15) is 5.26 Å². The van der Waals surface area contributed by atoms with Crippen molar-refractivity contribution in [3.63, 3.8) is 0 Å². The lowest BCUT2D eigenvalue weighted by Crippen LogP contribution is -2.40. The van der Waals surface area contributed by atoms with Crippen LogP contribution in [0.5, 0.6) is 0 Å². The van der Waals surface area contributed by atoms with Crippen LogP contribution in [0.1, 0.15) is 36.8 Å². The summed E-state index contributed by atoms with van der Waals surface area (Å²) in [4.78, 5) is 4.36. The number of nitriles is 1. The van der Waals surface area contributed by atoms with Crippen molar-refractivity contribution >= 4 is 11.1 Å². The second kappa shape index (κ2) is 4.36. The predicted molar refractivity (Wildman–Crippen MR) is 72.4 cm³/mol. The SMILES string of the molecule is CNC(c1ccc2oc(C)nc2c1)C1(C#N)CCC1. The molecule has 1 aromatic carbocycles. The van der Waals surface area contributed by atoms with Gasteiger partial charge in [0.15, 0.2) is 11.5 Å². The van der Waals surface area contributed by atoms with Crippen LogP contribution in [-0.4, -0.2) is 12.0 Å². The van der Waals surface area contributed by atoms with Crippen LogP contribution < -0.4 is 5.32 Å². The van der Waals surface area contributed by atoms with Crippen LogP contribution >= 0.6 is 0 Å². The summed E-state index contributed by atoms with van der Waals surface area (Å²) in [6.45, 7) is 1.85. The first-order valence-electron chi connectivity index (χ1n) is 6.64. The molecule has 0 saturated heterocycles. The van der Waals surface area contributed by atoms with Crippen LogP contribution in [0.15, 0.2) is 22.6 Å². The quantitative estimate of drug-likeness (QED) is 0.915. The van der Waals surface area contributed by atoms with Crippen molar-refractivity contribution in [1.29, 1.82) is 5.26 Å². The molecule has 4 heteroatoms. The standard InChI is InChI=1S/C15H17N3O/c1-10-18-12-8-11(4-5-13(12)19-10)14(17-2)15(9-16)6-3-7-15/h4-5,8,14,17H,3,6-7H2,1-2H3. The number of aromatic nitrogens is 1. The van der Waals surface area contributed by atoms with Crippen molar-refractivity contribution in [2.24, 2.45) is 5.41 Å². The maximum absolute atomic E-state index is 9.49. The molecule has 98 valence electrons. The van der Waals surface area contributed by atoms with Gasteiger partial charge in [-0.05, 0) is 37.6 Å². The largest absolute Gasteiger partial charge is 0.441 e. The van der Waals surface area contributed by atoms with E-state index in [0.717, 1.165) is 35.9 Å². The molecule has 2 aromatic rings. The zero-order valence-corrected chi connectivity index (χ0v) is 11.2. The van der Waals surface area contributed by atoms with Crippen molar-refractivity contribution in [3.8, 4) is 6.07 Å². The number of oxazole rings is 1.